The number of halogens is 1. The molecule has 0 aliphatic heterocycles. The number of carboxylic acid groups (broad SMARTS) is 1. The van der Waals surface area contributed by atoms with Gasteiger partial charge in [0, 0.05) is 41.1 Å². The van der Waals surface area contributed by atoms with Crippen molar-refractivity contribution < 1.29 is 19.5 Å². The van der Waals surface area contributed by atoms with Crippen LogP contribution in [-0.2, 0) is 17.6 Å². The van der Waals surface area contributed by atoms with Crippen LogP contribution in [0.3, 0.4) is 0 Å². The molecule has 0 radical (unpaired) electrons. The minimum Gasteiger partial charge on any atom is -0.481 e. The molecule has 0 bridgehead atoms. The summed E-state index contributed by atoms with van der Waals surface area (Å²) in [6.07, 6.45) is 16.6. The van der Waals surface area contributed by atoms with Crippen molar-refractivity contribution in [2.45, 2.75) is 58.8 Å². The summed E-state index contributed by atoms with van der Waals surface area (Å²) in [6, 6.07) is 11.1. The highest BCUT2D eigenvalue weighted by atomic mass is 79.9. The van der Waals surface area contributed by atoms with Gasteiger partial charge < -0.3 is 5.11 Å². The Hall–Kier alpha value is -3.52. The van der Waals surface area contributed by atoms with Gasteiger partial charge in [-0.2, -0.15) is 0 Å². The Morgan fingerprint density at radius 2 is 1.27 bits per heavy atom. The van der Waals surface area contributed by atoms with E-state index in [0.717, 1.165) is 59.8 Å². The first-order chi connectivity index (χ1) is 17.9. The molecule has 3 aromatic rings. The number of carbonyl (C=O) groups is 3. The fourth-order valence-corrected chi connectivity index (χ4v) is 3.04. The van der Waals surface area contributed by atoms with Crippen LogP contribution in [-0.4, -0.2) is 38.6 Å². The van der Waals surface area contributed by atoms with Crippen molar-refractivity contribution in [2.24, 2.45) is 0 Å². The second-order valence-electron chi connectivity index (χ2n) is 8.02. The first kappa shape index (κ1) is 31.5. The zero-order valence-electron chi connectivity index (χ0n) is 21.3. The van der Waals surface area contributed by atoms with E-state index in [0.29, 0.717) is 11.1 Å². The number of pyridine rings is 3. The summed E-state index contributed by atoms with van der Waals surface area (Å²) in [6.45, 7) is 4.31. The third-order valence-electron chi connectivity index (χ3n) is 4.89. The molecule has 3 aromatic heterocycles. The fraction of sp³-hybridized carbons (Fsp3) is 0.310. The summed E-state index contributed by atoms with van der Waals surface area (Å²) in [5, 5.41) is 8.47. The van der Waals surface area contributed by atoms with Crippen molar-refractivity contribution in [1.29, 1.82) is 0 Å². The second-order valence-corrected chi connectivity index (χ2v) is 8.84. The lowest BCUT2D eigenvalue weighted by molar-refractivity contribution is -0.135. The summed E-state index contributed by atoms with van der Waals surface area (Å²) in [5.41, 5.74) is 4.36. The summed E-state index contributed by atoms with van der Waals surface area (Å²) < 4.78 is 0.744. The molecule has 0 unspecified atom stereocenters. The summed E-state index contributed by atoms with van der Waals surface area (Å²) in [4.78, 5) is 43.0. The van der Waals surface area contributed by atoms with Crippen LogP contribution in [0.5, 0.6) is 0 Å². The molecule has 0 aromatic carbocycles. The smallest absolute Gasteiger partial charge is 0.307 e. The number of nitrogens with zero attached hydrogens (tertiary/aromatic N) is 3. The molecular weight excluding hydrogens is 534 g/mol. The summed E-state index contributed by atoms with van der Waals surface area (Å²) >= 11 is 3.15. The average Bonchev–Trinajstić information content (AvgIpc) is 2.93. The van der Waals surface area contributed by atoms with Crippen LogP contribution in [0.4, 0.5) is 0 Å². The van der Waals surface area contributed by atoms with Crippen LogP contribution >= 0.6 is 15.9 Å². The second kappa shape index (κ2) is 19.6. The van der Waals surface area contributed by atoms with Crippen LogP contribution in [0.2, 0.25) is 0 Å². The Kier molecular flexibility index (Phi) is 16.7. The third kappa shape index (κ3) is 15.3. The maximum atomic E-state index is 10.3. The minimum atomic E-state index is -0.816. The first-order valence-corrected chi connectivity index (χ1v) is 13.0. The Bertz CT molecular complexity index is 1080. The van der Waals surface area contributed by atoms with Gasteiger partial charge in [-0.3, -0.25) is 24.4 Å². The Morgan fingerprint density at radius 3 is 1.65 bits per heavy atom. The first-order valence-electron chi connectivity index (χ1n) is 12.2. The van der Waals surface area contributed by atoms with Gasteiger partial charge in [-0.25, -0.2) is 4.98 Å². The SMILES string of the molecule is CCCCc1ccc(/C=C/CC(=O)O)cn1.CCCCc1ccc(C=O)cn1.O=Cc1ccc(Br)nc1. The lowest BCUT2D eigenvalue weighted by atomic mass is 10.1. The van der Waals surface area contributed by atoms with Gasteiger partial charge in [0.2, 0.25) is 0 Å². The van der Waals surface area contributed by atoms with E-state index in [2.05, 4.69) is 44.7 Å². The minimum absolute atomic E-state index is 0.0532. The van der Waals surface area contributed by atoms with Crippen molar-refractivity contribution >= 4 is 40.5 Å². The van der Waals surface area contributed by atoms with Crippen LogP contribution in [0.15, 0.2) is 65.7 Å². The molecule has 0 amide bonds. The number of aryl methyl sites for hydroxylation is 2. The van der Waals surface area contributed by atoms with E-state index in [1.807, 2.05) is 24.3 Å². The van der Waals surface area contributed by atoms with Crippen LogP contribution in [0.1, 0.15) is 83.6 Å². The van der Waals surface area contributed by atoms with E-state index >= 15 is 0 Å². The molecule has 3 rings (SSSR count). The van der Waals surface area contributed by atoms with Gasteiger partial charge in [0.25, 0.3) is 0 Å². The molecule has 0 fully saturated rings. The number of unbranched alkanes of at least 4 members (excludes halogenated alkanes) is 2. The van der Waals surface area contributed by atoms with Gasteiger partial charge in [-0.05, 0) is 77.5 Å². The van der Waals surface area contributed by atoms with E-state index in [9.17, 15) is 14.4 Å². The lowest BCUT2D eigenvalue weighted by Crippen LogP contribution is -1.91. The zero-order chi connectivity index (χ0) is 27.3. The molecule has 7 nitrogen and oxygen atoms in total. The fourth-order valence-electron chi connectivity index (χ4n) is 2.80. The largest absolute Gasteiger partial charge is 0.481 e. The van der Waals surface area contributed by atoms with E-state index in [-0.39, 0.29) is 6.42 Å². The average molecular weight is 569 g/mol. The molecule has 3 heterocycles. The summed E-state index contributed by atoms with van der Waals surface area (Å²) in [5.74, 6) is -0.816. The van der Waals surface area contributed by atoms with Gasteiger partial charge in [-0.15, -0.1) is 0 Å². The molecule has 1 N–H and O–H groups in total. The predicted octanol–water partition coefficient (Wildman–Crippen LogP) is 6.81. The maximum Gasteiger partial charge on any atom is 0.307 e. The quantitative estimate of drug-likeness (QED) is 0.200. The molecule has 37 heavy (non-hydrogen) atoms. The summed E-state index contributed by atoms with van der Waals surface area (Å²) in [7, 11) is 0. The van der Waals surface area contributed by atoms with E-state index < -0.39 is 5.97 Å². The molecular formula is C29H34BrN3O4. The monoisotopic (exact) mass is 567 g/mol. The highest BCUT2D eigenvalue weighted by Gasteiger charge is 1.95. The molecule has 8 heteroatoms. The normalized spacial score (nSPS) is 10.0. The zero-order valence-corrected chi connectivity index (χ0v) is 22.9. The van der Waals surface area contributed by atoms with E-state index in [1.54, 1.807) is 36.7 Å². The predicted molar refractivity (Wildman–Crippen MR) is 150 cm³/mol. The molecule has 0 atom stereocenters. The number of carbonyl (C=O) groups excluding carboxylic acids is 2. The molecule has 196 valence electrons. The number of rotatable bonds is 11. The van der Waals surface area contributed by atoms with Crippen molar-refractivity contribution in [2.75, 3.05) is 0 Å². The van der Waals surface area contributed by atoms with Gasteiger partial charge >= 0.3 is 5.97 Å². The highest BCUT2D eigenvalue weighted by Crippen LogP contribution is 2.06. The van der Waals surface area contributed by atoms with Crippen molar-refractivity contribution in [3.63, 3.8) is 0 Å². The van der Waals surface area contributed by atoms with Crippen LogP contribution in [0, 0.1) is 0 Å². The number of hydrogen-bond acceptors (Lipinski definition) is 6. The van der Waals surface area contributed by atoms with Gasteiger partial charge in [0.1, 0.15) is 4.60 Å². The molecule has 0 aliphatic carbocycles. The number of hydrogen-bond donors (Lipinski definition) is 1. The topological polar surface area (TPSA) is 110 Å². The third-order valence-corrected chi connectivity index (χ3v) is 5.36. The van der Waals surface area contributed by atoms with Crippen molar-refractivity contribution in [3.05, 3.63) is 93.7 Å². The van der Waals surface area contributed by atoms with Crippen molar-refractivity contribution in [1.82, 2.24) is 15.0 Å². The molecule has 0 saturated carbocycles. The van der Waals surface area contributed by atoms with E-state index in [4.69, 9.17) is 5.11 Å². The van der Waals surface area contributed by atoms with Crippen LogP contribution in [0.25, 0.3) is 6.08 Å². The Balaban J connectivity index is 0.000000289. The molecule has 0 aliphatic rings. The number of carboxylic acids is 1. The molecule has 0 spiro atoms. The van der Waals surface area contributed by atoms with Gasteiger partial charge in [0.05, 0.1) is 6.42 Å². The van der Waals surface area contributed by atoms with Crippen molar-refractivity contribution in [3.8, 4) is 0 Å². The number of aromatic nitrogens is 3. The Morgan fingerprint density at radius 1 is 0.784 bits per heavy atom. The highest BCUT2D eigenvalue weighted by molar-refractivity contribution is 9.10. The number of aliphatic carboxylic acids is 1. The van der Waals surface area contributed by atoms with Crippen LogP contribution < -0.4 is 0 Å². The van der Waals surface area contributed by atoms with Gasteiger partial charge in [-0.1, -0.05) is 44.9 Å². The molecule has 0 saturated heterocycles. The maximum absolute atomic E-state index is 10.3. The van der Waals surface area contributed by atoms with E-state index in [1.165, 1.54) is 19.0 Å². The Labute approximate surface area is 227 Å². The van der Waals surface area contributed by atoms with Gasteiger partial charge in [0.15, 0.2) is 12.6 Å². The standard InChI is InChI=1S/C13H17NO2.C10H13NO.C6H4BrNO/c1-2-3-6-12-9-8-11(10-14-12)5-4-7-13(15)16;1-2-3-4-10-6-5-9(8-12)7-11-10;7-6-2-1-5(4-9)3-8-6/h4-5,8-10H,2-3,6-7H2,1H3,(H,15,16);5-8H,2-4H2,1H3;1-4H/b5-4+;;. The lowest BCUT2D eigenvalue weighted by Gasteiger charge is -1.99. The number of aldehydes is 2.